The van der Waals surface area contributed by atoms with E-state index in [0.29, 0.717) is 12.4 Å². The van der Waals surface area contributed by atoms with Crippen molar-refractivity contribution in [2.75, 3.05) is 24.1 Å². The molecule has 1 saturated carbocycles. The maximum atomic E-state index is 14.7. The fourth-order valence-electron chi connectivity index (χ4n) is 6.38. The van der Waals surface area contributed by atoms with Crippen LogP contribution in [0.3, 0.4) is 0 Å². The van der Waals surface area contributed by atoms with Gasteiger partial charge in [0.1, 0.15) is 31.6 Å². The maximum Gasteiger partial charge on any atom is 0.264 e. The summed E-state index contributed by atoms with van der Waals surface area (Å²) in [7, 11) is -4.40. The van der Waals surface area contributed by atoms with Gasteiger partial charge in [0, 0.05) is 25.1 Å². The van der Waals surface area contributed by atoms with Crippen molar-refractivity contribution in [1.29, 1.82) is 0 Å². The molecule has 0 aromatic heterocycles. The second kappa shape index (κ2) is 15.1. The van der Waals surface area contributed by atoms with E-state index in [0.717, 1.165) is 58.8 Å². The smallest absolute Gasteiger partial charge is 0.264 e. The SMILES string of the molecule is Cc1cccc(CN(C(=O)CN(c2ccc(F)cc2)S(=O)(=O)c2ccc3c(c2)OCCO3)[C@@H](Cc2ccccc2)C(=O)NC2CCCC2)c1. The summed E-state index contributed by atoms with van der Waals surface area (Å²) >= 11 is 0. The fraction of sp³-hybridized carbons (Fsp3) is 0.316. The minimum Gasteiger partial charge on any atom is -0.486 e. The van der Waals surface area contributed by atoms with Crippen LogP contribution >= 0.6 is 0 Å². The van der Waals surface area contributed by atoms with Gasteiger partial charge in [-0.25, -0.2) is 12.8 Å². The number of hydrogen-bond acceptors (Lipinski definition) is 6. The Morgan fingerprint density at radius 2 is 1.55 bits per heavy atom. The molecule has 1 heterocycles. The molecular formula is C38H40FN3O6S. The molecule has 0 unspecified atom stereocenters. The molecule has 9 nitrogen and oxygen atoms in total. The molecule has 0 saturated heterocycles. The first-order valence-electron chi connectivity index (χ1n) is 16.5. The monoisotopic (exact) mass is 685 g/mol. The van der Waals surface area contributed by atoms with Crippen LogP contribution in [0, 0.1) is 12.7 Å². The van der Waals surface area contributed by atoms with Crippen LogP contribution in [0.25, 0.3) is 0 Å². The summed E-state index contributed by atoms with van der Waals surface area (Å²) in [5.41, 5.74) is 2.72. The average Bonchev–Trinajstić information content (AvgIpc) is 3.62. The summed E-state index contributed by atoms with van der Waals surface area (Å²) in [5, 5.41) is 3.18. The molecule has 0 spiro atoms. The maximum absolute atomic E-state index is 14.7. The van der Waals surface area contributed by atoms with E-state index in [1.165, 1.54) is 35.2 Å². The van der Waals surface area contributed by atoms with Crippen molar-refractivity contribution in [3.8, 4) is 11.5 Å². The zero-order valence-corrected chi connectivity index (χ0v) is 28.2. The molecule has 0 radical (unpaired) electrons. The fourth-order valence-corrected chi connectivity index (χ4v) is 7.81. The van der Waals surface area contributed by atoms with Crippen LogP contribution < -0.4 is 19.1 Å². The number of nitrogens with one attached hydrogen (secondary N) is 1. The van der Waals surface area contributed by atoms with Crippen LogP contribution in [0.1, 0.15) is 42.4 Å². The van der Waals surface area contributed by atoms with E-state index in [4.69, 9.17) is 9.47 Å². The van der Waals surface area contributed by atoms with Gasteiger partial charge in [0.15, 0.2) is 11.5 Å². The van der Waals surface area contributed by atoms with Crippen LogP contribution in [0.15, 0.2) is 102 Å². The minimum atomic E-state index is -4.40. The van der Waals surface area contributed by atoms with Crippen LogP contribution in [-0.4, -0.2) is 57.0 Å². The van der Waals surface area contributed by atoms with Crippen molar-refractivity contribution in [2.24, 2.45) is 0 Å². The van der Waals surface area contributed by atoms with Crippen molar-refractivity contribution in [1.82, 2.24) is 10.2 Å². The van der Waals surface area contributed by atoms with E-state index in [9.17, 15) is 22.4 Å². The number of halogens is 1. The van der Waals surface area contributed by atoms with Crippen molar-refractivity contribution in [3.05, 3.63) is 120 Å². The number of hydrogen-bond donors (Lipinski definition) is 1. The first-order chi connectivity index (χ1) is 23.7. The lowest BCUT2D eigenvalue weighted by Gasteiger charge is -2.34. The number of carbonyl (C=O) groups is 2. The van der Waals surface area contributed by atoms with Gasteiger partial charge in [-0.15, -0.1) is 0 Å². The number of benzene rings is 4. The van der Waals surface area contributed by atoms with Gasteiger partial charge in [-0.05, 0) is 67.3 Å². The highest BCUT2D eigenvalue weighted by Crippen LogP contribution is 2.34. The minimum absolute atomic E-state index is 0.00740. The predicted molar refractivity (Wildman–Crippen MR) is 184 cm³/mol. The number of amides is 2. The Balaban J connectivity index is 1.40. The van der Waals surface area contributed by atoms with Crippen molar-refractivity contribution >= 4 is 27.5 Å². The normalized spacial score (nSPS) is 15.0. The van der Waals surface area contributed by atoms with Crippen LogP contribution in [0.5, 0.6) is 11.5 Å². The number of ether oxygens (including phenoxy) is 2. The lowest BCUT2D eigenvalue weighted by molar-refractivity contribution is -0.140. The largest absolute Gasteiger partial charge is 0.486 e. The molecule has 256 valence electrons. The Hall–Kier alpha value is -4.90. The standard InChI is InChI=1S/C38H40FN3O6S/c1-27-8-7-11-29(22-27)25-41(34(23-28-9-3-2-4-10-28)38(44)40-31-12-5-6-13-31)37(43)26-42(32-16-14-30(39)15-17-32)49(45,46)33-18-19-35-36(24-33)48-21-20-47-35/h2-4,7-11,14-19,22,24,31,34H,5-6,12-13,20-21,23,25-26H2,1H3,(H,40,44)/t34-/m0/s1. The summed E-state index contributed by atoms with van der Waals surface area (Å²) in [6.45, 7) is 1.97. The molecule has 1 aliphatic heterocycles. The van der Waals surface area contributed by atoms with Gasteiger partial charge in [-0.1, -0.05) is 73.0 Å². The van der Waals surface area contributed by atoms with Gasteiger partial charge in [0.25, 0.3) is 10.0 Å². The number of fused-ring (bicyclic) bond motifs is 1. The van der Waals surface area contributed by atoms with Crippen LogP contribution in [-0.2, 0) is 32.6 Å². The molecule has 11 heteroatoms. The topological polar surface area (TPSA) is 105 Å². The van der Waals surface area contributed by atoms with E-state index >= 15 is 0 Å². The Labute approximate surface area is 286 Å². The third-order valence-electron chi connectivity index (χ3n) is 8.90. The number of sulfonamides is 1. The molecule has 1 fully saturated rings. The summed E-state index contributed by atoms with van der Waals surface area (Å²) in [6.07, 6.45) is 3.99. The number of rotatable bonds is 12. The van der Waals surface area contributed by atoms with Gasteiger partial charge >= 0.3 is 0 Å². The average molecular weight is 686 g/mol. The van der Waals surface area contributed by atoms with Crippen molar-refractivity contribution < 1.29 is 31.9 Å². The first kappa shape index (κ1) is 34.0. The summed E-state index contributed by atoms with van der Waals surface area (Å²) < 4.78 is 55.0. The van der Waals surface area contributed by atoms with E-state index in [1.54, 1.807) is 0 Å². The van der Waals surface area contributed by atoms with Crippen LogP contribution in [0.4, 0.5) is 10.1 Å². The molecular weight excluding hydrogens is 645 g/mol. The molecule has 4 aromatic rings. The highest BCUT2D eigenvalue weighted by Gasteiger charge is 2.36. The Morgan fingerprint density at radius 1 is 0.857 bits per heavy atom. The van der Waals surface area contributed by atoms with Crippen molar-refractivity contribution in [3.63, 3.8) is 0 Å². The molecule has 1 atom stereocenters. The summed E-state index contributed by atoms with van der Waals surface area (Å²) in [5.74, 6) is -0.755. The number of aryl methyl sites for hydroxylation is 1. The number of anilines is 1. The molecule has 0 bridgehead atoms. The Morgan fingerprint density at radius 3 is 2.27 bits per heavy atom. The molecule has 2 amide bonds. The zero-order chi connectivity index (χ0) is 34.4. The van der Waals surface area contributed by atoms with Crippen LogP contribution in [0.2, 0.25) is 0 Å². The Kier molecular flexibility index (Phi) is 10.5. The highest BCUT2D eigenvalue weighted by molar-refractivity contribution is 7.92. The third-order valence-corrected chi connectivity index (χ3v) is 10.7. The van der Waals surface area contributed by atoms with Gasteiger partial charge < -0.3 is 19.7 Å². The van der Waals surface area contributed by atoms with Gasteiger partial charge in [0.2, 0.25) is 11.8 Å². The Bertz CT molecular complexity index is 1880. The number of nitrogens with zero attached hydrogens (tertiary/aromatic N) is 2. The first-order valence-corrected chi connectivity index (χ1v) is 18.0. The highest BCUT2D eigenvalue weighted by atomic mass is 32.2. The van der Waals surface area contributed by atoms with E-state index < -0.39 is 34.3 Å². The molecule has 4 aromatic carbocycles. The summed E-state index contributed by atoms with van der Waals surface area (Å²) in [6, 6.07) is 25.4. The molecule has 1 N–H and O–H groups in total. The molecule has 1 aliphatic carbocycles. The quantitative estimate of drug-likeness (QED) is 0.202. The molecule has 49 heavy (non-hydrogen) atoms. The second-order valence-corrected chi connectivity index (χ2v) is 14.4. The van der Waals surface area contributed by atoms with Crippen molar-refractivity contribution in [2.45, 2.75) is 62.6 Å². The van der Waals surface area contributed by atoms with Gasteiger partial charge in [-0.2, -0.15) is 0 Å². The second-order valence-electron chi connectivity index (χ2n) is 12.5. The van der Waals surface area contributed by atoms with Gasteiger partial charge in [0.05, 0.1) is 10.6 Å². The van der Waals surface area contributed by atoms with E-state index in [2.05, 4.69) is 5.32 Å². The van der Waals surface area contributed by atoms with E-state index in [1.807, 2.05) is 61.5 Å². The lowest BCUT2D eigenvalue weighted by Crippen LogP contribution is -2.54. The zero-order valence-electron chi connectivity index (χ0n) is 27.4. The molecule has 2 aliphatic rings. The summed E-state index contributed by atoms with van der Waals surface area (Å²) in [4.78, 5) is 30.2. The van der Waals surface area contributed by atoms with E-state index in [-0.39, 0.29) is 47.9 Å². The lowest BCUT2D eigenvalue weighted by atomic mass is 10.0. The number of carbonyl (C=O) groups excluding carboxylic acids is 2. The third kappa shape index (κ3) is 8.22. The predicted octanol–water partition coefficient (Wildman–Crippen LogP) is 5.80. The molecule has 6 rings (SSSR count). The van der Waals surface area contributed by atoms with Gasteiger partial charge in [-0.3, -0.25) is 13.9 Å².